The molecule has 1 fully saturated rings. The molecule has 0 spiro atoms. The van der Waals surface area contributed by atoms with Crippen LogP contribution < -0.4 is 5.32 Å². The van der Waals surface area contributed by atoms with E-state index in [1.807, 2.05) is 4.68 Å². The van der Waals surface area contributed by atoms with Crippen molar-refractivity contribution in [3.05, 3.63) is 51.2 Å². The molecule has 1 aliphatic carbocycles. The van der Waals surface area contributed by atoms with E-state index in [1.54, 1.807) is 12.3 Å². The summed E-state index contributed by atoms with van der Waals surface area (Å²) in [5, 5.41) is 18.0. The zero-order valence-corrected chi connectivity index (χ0v) is 13.0. The van der Waals surface area contributed by atoms with E-state index in [4.69, 9.17) is 11.6 Å². The van der Waals surface area contributed by atoms with E-state index in [1.165, 1.54) is 18.2 Å². The van der Waals surface area contributed by atoms with Crippen LogP contribution in [-0.2, 0) is 0 Å². The lowest BCUT2D eigenvalue weighted by atomic mass is 10.2. The van der Waals surface area contributed by atoms with Crippen LogP contribution in [-0.4, -0.2) is 20.6 Å². The molecule has 1 aliphatic rings. The second kappa shape index (κ2) is 6.37. The Morgan fingerprint density at radius 2 is 2.09 bits per heavy atom. The van der Waals surface area contributed by atoms with E-state index < -0.39 is 10.8 Å². The number of nitro groups is 1. The van der Waals surface area contributed by atoms with Crippen molar-refractivity contribution in [2.24, 2.45) is 0 Å². The molecule has 0 aliphatic heterocycles. The van der Waals surface area contributed by atoms with Crippen molar-refractivity contribution in [1.82, 2.24) is 9.78 Å². The summed E-state index contributed by atoms with van der Waals surface area (Å²) in [6, 6.07) is 6.00. The van der Waals surface area contributed by atoms with Crippen molar-refractivity contribution in [1.29, 1.82) is 0 Å². The Morgan fingerprint density at radius 1 is 1.35 bits per heavy atom. The van der Waals surface area contributed by atoms with E-state index in [0.29, 0.717) is 11.9 Å². The van der Waals surface area contributed by atoms with Gasteiger partial charge in [0.1, 0.15) is 10.8 Å². The van der Waals surface area contributed by atoms with Gasteiger partial charge in [-0.15, -0.1) is 0 Å². The van der Waals surface area contributed by atoms with E-state index >= 15 is 0 Å². The summed E-state index contributed by atoms with van der Waals surface area (Å²) in [5.41, 5.74) is -0.108. The molecule has 1 aromatic heterocycles. The van der Waals surface area contributed by atoms with Crippen LogP contribution in [0.25, 0.3) is 0 Å². The number of amides is 1. The number of nitro benzene ring substituents is 1. The minimum atomic E-state index is -0.609. The highest BCUT2D eigenvalue weighted by Crippen LogP contribution is 2.31. The zero-order chi connectivity index (χ0) is 16.4. The molecule has 3 rings (SSSR count). The minimum Gasteiger partial charge on any atom is -0.307 e. The van der Waals surface area contributed by atoms with Gasteiger partial charge in [0.15, 0.2) is 0 Å². The van der Waals surface area contributed by atoms with Gasteiger partial charge >= 0.3 is 0 Å². The summed E-state index contributed by atoms with van der Waals surface area (Å²) in [7, 11) is 0. The SMILES string of the molecule is O=C(Nc1ccnn1C1CCCC1)c1ccc(Cl)c([N+](=O)[O-])c1. The first-order chi connectivity index (χ1) is 11.1. The molecule has 0 bridgehead atoms. The second-order valence-electron chi connectivity index (χ2n) is 5.48. The molecule has 1 N–H and O–H groups in total. The maximum atomic E-state index is 12.3. The third-order valence-electron chi connectivity index (χ3n) is 3.99. The van der Waals surface area contributed by atoms with Crippen LogP contribution >= 0.6 is 11.6 Å². The third-order valence-corrected chi connectivity index (χ3v) is 4.31. The summed E-state index contributed by atoms with van der Waals surface area (Å²) in [5.74, 6) is 0.170. The van der Waals surface area contributed by atoms with Gasteiger partial charge in [-0.3, -0.25) is 14.9 Å². The summed E-state index contributed by atoms with van der Waals surface area (Å²) >= 11 is 5.76. The first-order valence-electron chi connectivity index (χ1n) is 7.35. The quantitative estimate of drug-likeness (QED) is 0.680. The van der Waals surface area contributed by atoms with E-state index in [-0.39, 0.29) is 16.3 Å². The molecule has 8 heteroatoms. The Kier molecular flexibility index (Phi) is 4.29. The van der Waals surface area contributed by atoms with Crippen molar-refractivity contribution in [2.75, 3.05) is 5.32 Å². The van der Waals surface area contributed by atoms with E-state index in [9.17, 15) is 14.9 Å². The fourth-order valence-corrected chi connectivity index (χ4v) is 3.02. The molecule has 0 unspecified atom stereocenters. The van der Waals surface area contributed by atoms with Gasteiger partial charge in [0, 0.05) is 17.7 Å². The van der Waals surface area contributed by atoms with Crippen molar-refractivity contribution >= 4 is 29.0 Å². The molecule has 23 heavy (non-hydrogen) atoms. The second-order valence-corrected chi connectivity index (χ2v) is 5.88. The number of anilines is 1. The van der Waals surface area contributed by atoms with Gasteiger partial charge in [-0.05, 0) is 25.0 Å². The van der Waals surface area contributed by atoms with Crippen LogP contribution in [0.5, 0.6) is 0 Å². The predicted octanol–water partition coefficient (Wildman–Crippen LogP) is 3.81. The molecule has 1 amide bonds. The lowest BCUT2D eigenvalue weighted by molar-refractivity contribution is -0.384. The molecule has 0 atom stereocenters. The van der Waals surface area contributed by atoms with E-state index in [2.05, 4.69) is 10.4 Å². The molecule has 0 saturated heterocycles. The summed E-state index contributed by atoms with van der Waals surface area (Å²) in [6.45, 7) is 0. The van der Waals surface area contributed by atoms with Crippen molar-refractivity contribution in [3.8, 4) is 0 Å². The molecule has 1 aromatic carbocycles. The molecule has 1 heterocycles. The van der Waals surface area contributed by atoms with Crippen molar-refractivity contribution in [2.45, 2.75) is 31.7 Å². The van der Waals surface area contributed by atoms with Crippen molar-refractivity contribution in [3.63, 3.8) is 0 Å². The molecule has 120 valence electrons. The smallest absolute Gasteiger partial charge is 0.288 e. The van der Waals surface area contributed by atoms with Crippen LogP contribution in [0.2, 0.25) is 5.02 Å². The molecular formula is C15H15ClN4O3. The maximum Gasteiger partial charge on any atom is 0.288 e. The fourth-order valence-electron chi connectivity index (χ4n) is 2.84. The first kappa shape index (κ1) is 15.5. The normalized spacial score (nSPS) is 14.8. The summed E-state index contributed by atoms with van der Waals surface area (Å²) in [6.07, 6.45) is 6.02. The Balaban J connectivity index is 1.81. The number of nitrogens with zero attached hydrogens (tertiary/aromatic N) is 3. The van der Waals surface area contributed by atoms with Gasteiger partial charge in [-0.2, -0.15) is 5.10 Å². The average molecular weight is 335 g/mol. The van der Waals surface area contributed by atoms with Crippen LogP contribution in [0.1, 0.15) is 42.1 Å². The molecular weight excluding hydrogens is 320 g/mol. The largest absolute Gasteiger partial charge is 0.307 e. The zero-order valence-electron chi connectivity index (χ0n) is 12.2. The standard InChI is InChI=1S/C15H15ClN4O3/c16-12-6-5-10(9-13(12)20(22)23)15(21)18-14-7-8-17-19(14)11-3-1-2-4-11/h5-9,11H,1-4H2,(H,18,21). The van der Waals surface area contributed by atoms with E-state index in [0.717, 1.165) is 25.7 Å². The van der Waals surface area contributed by atoms with Crippen LogP contribution in [0, 0.1) is 10.1 Å². The highest BCUT2D eigenvalue weighted by molar-refractivity contribution is 6.32. The number of carbonyl (C=O) groups excluding carboxylic acids is 1. The highest BCUT2D eigenvalue weighted by Gasteiger charge is 2.21. The summed E-state index contributed by atoms with van der Waals surface area (Å²) < 4.78 is 1.81. The third kappa shape index (κ3) is 3.19. The number of aromatic nitrogens is 2. The Labute approximate surface area is 137 Å². The Bertz CT molecular complexity index is 753. The number of benzene rings is 1. The van der Waals surface area contributed by atoms with Gasteiger partial charge in [0.05, 0.1) is 17.2 Å². The number of carbonyl (C=O) groups is 1. The molecule has 7 nitrogen and oxygen atoms in total. The number of nitrogens with one attached hydrogen (secondary N) is 1. The topological polar surface area (TPSA) is 90.1 Å². The molecule has 2 aromatic rings. The van der Waals surface area contributed by atoms with Gasteiger partial charge in [0.25, 0.3) is 11.6 Å². The van der Waals surface area contributed by atoms with Crippen LogP contribution in [0.3, 0.4) is 0 Å². The molecule has 1 saturated carbocycles. The summed E-state index contributed by atoms with van der Waals surface area (Å²) in [4.78, 5) is 22.7. The monoisotopic (exact) mass is 334 g/mol. The maximum absolute atomic E-state index is 12.3. The average Bonchev–Trinajstić information content (AvgIpc) is 3.17. The van der Waals surface area contributed by atoms with Crippen molar-refractivity contribution < 1.29 is 9.72 Å². The van der Waals surface area contributed by atoms with Crippen LogP contribution in [0.4, 0.5) is 11.5 Å². The van der Waals surface area contributed by atoms with Gasteiger partial charge in [-0.1, -0.05) is 24.4 Å². The lowest BCUT2D eigenvalue weighted by Gasteiger charge is -2.14. The Hall–Kier alpha value is -2.41. The predicted molar refractivity (Wildman–Crippen MR) is 85.8 cm³/mol. The van der Waals surface area contributed by atoms with Crippen LogP contribution in [0.15, 0.2) is 30.5 Å². The number of hydrogen-bond donors (Lipinski definition) is 1. The number of hydrogen-bond acceptors (Lipinski definition) is 4. The minimum absolute atomic E-state index is 0.00236. The Morgan fingerprint density at radius 3 is 2.78 bits per heavy atom. The lowest BCUT2D eigenvalue weighted by Crippen LogP contribution is -2.17. The number of rotatable bonds is 4. The molecule has 0 radical (unpaired) electrons. The fraction of sp³-hybridized carbons (Fsp3) is 0.333. The number of halogens is 1. The van der Waals surface area contributed by atoms with Gasteiger partial charge in [-0.25, -0.2) is 4.68 Å². The first-order valence-corrected chi connectivity index (χ1v) is 7.73. The highest BCUT2D eigenvalue weighted by atomic mass is 35.5. The van der Waals surface area contributed by atoms with Gasteiger partial charge in [0.2, 0.25) is 0 Å². The van der Waals surface area contributed by atoms with Gasteiger partial charge < -0.3 is 5.32 Å².